The van der Waals surface area contributed by atoms with Gasteiger partial charge in [0.2, 0.25) is 5.91 Å². The molecule has 1 heterocycles. The minimum absolute atomic E-state index is 0. The number of likely N-dealkylation sites (tertiary alicyclic amines) is 1. The monoisotopic (exact) mass is 391 g/mol. The number of ether oxygens (including phenoxy) is 1. The number of hydrogen-bond acceptors (Lipinski definition) is 4. The minimum Gasteiger partial charge on any atom is -0.497 e. The summed E-state index contributed by atoms with van der Waals surface area (Å²) in [6.45, 7) is 3.57. The summed E-state index contributed by atoms with van der Waals surface area (Å²) in [7, 11) is 3.54. The largest absolute Gasteiger partial charge is 0.497 e. The SMILES string of the molecule is CNCCC(=O)NCC(c1ccc(OC)cc1)N1CCCCC1.Cl.Cl. The zero-order valence-electron chi connectivity index (χ0n) is 15.1. The summed E-state index contributed by atoms with van der Waals surface area (Å²) in [6, 6.07) is 8.44. The molecule has 0 bridgehead atoms. The van der Waals surface area contributed by atoms with Gasteiger partial charge in [-0.25, -0.2) is 0 Å². The van der Waals surface area contributed by atoms with Crippen molar-refractivity contribution in [1.82, 2.24) is 15.5 Å². The lowest BCUT2D eigenvalue weighted by Crippen LogP contribution is -2.41. The van der Waals surface area contributed by atoms with Crippen molar-refractivity contribution in [1.29, 1.82) is 0 Å². The molecule has 0 spiro atoms. The molecule has 2 rings (SSSR count). The molecule has 1 aliphatic heterocycles. The lowest BCUT2D eigenvalue weighted by molar-refractivity contribution is -0.121. The Kier molecular flexibility index (Phi) is 12.7. The Morgan fingerprint density at radius 1 is 1.16 bits per heavy atom. The molecule has 2 N–H and O–H groups in total. The second-order valence-corrected chi connectivity index (χ2v) is 6.04. The predicted octanol–water partition coefficient (Wildman–Crippen LogP) is 2.79. The molecular formula is C18H31Cl2N3O2. The van der Waals surface area contributed by atoms with Crippen LogP contribution in [0, 0.1) is 0 Å². The van der Waals surface area contributed by atoms with Crippen molar-refractivity contribution < 1.29 is 9.53 Å². The summed E-state index contributed by atoms with van der Waals surface area (Å²) in [4.78, 5) is 14.4. The smallest absolute Gasteiger partial charge is 0.221 e. The molecule has 7 heteroatoms. The fourth-order valence-electron chi connectivity index (χ4n) is 3.05. The van der Waals surface area contributed by atoms with E-state index in [1.54, 1.807) is 7.11 Å². The second-order valence-electron chi connectivity index (χ2n) is 6.04. The van der Waals surface area contributed by atoms with Crippen LogP contribution in [0.1, 0.15) is 37.3 Å². The van der Waals surface area contributed by atoms with Crippen molar-refractivity contribution >= 4 is 30.7 Å². The quantitative estimate of drug-likeness (QED) is 0.715. The van der Waals surface area contributed by atoms with Crippen LogP contribution >= 0.6 is 24.8 Å². The molecule has 1 unspecified atom stereocenters. The molecule has 0 aromatic heterocycles. The molecule has 1 aromatic rings. The summed E-state index contributed by atoms with van der Waals surface area (Å²) in [5.41, 5.74) is 1.24. The van der Waals surface area contributed by atoms with Crippen molar-refractivity contribution in [3.63, 3.8) is 0 Å². The summed E-state index contributed by atoms with van der Waals surface area (Å²) in [5, 5.41) is 6.10. The van der Waals surface area contributed by atoms with Crippen LogP contribution in [-0.2, 0) is 4.79 Å². The lowest BCUT2D eigenvalue weighted by Gasteiger charge is -2.35. The topological polar surface area (TPSA) is 53.6 Å². The molecular weight excluding hydrogens is 361 g/mol. The first-order valence-electron chi connectivity index (χ1n) is 8.54. The first-order valence-corrected chi connectivity index (χ1v) is 8.54. The normalized spacial score (nSPS) is 15.4. The van der Waals surface area contributed by atoms with Crippen molar-refractivity contribution in [2.75, 3.05) is 40.3 Å². The standard InChI is InChI=1S/C18H29N3O2.2ClH/c1-19-11-10-18(22)20-14-17(21-12-4-3-5-13-21)15-6-8-16(23-2)9-7-15;;/h6-9,17,19H,3-5,10-14H2,1-2H3,(H,20,22);2*1H. The lowest BCUT2D eigenvalue weighted by atomic mass is 10.0. The molecule has 1 aromatic carbocycles. The van der Waals surface area contributed by atoms with Gasteiger partial charge >= 0.3 is 0 Å². The first-order chi connectivity index (χ1) is 11.2. The number of carbonyl (C=O) groups is 1. The van der Waals surface area contributed by atoms with Gasteiger partial charge in [0.05, 0.1) is 13.2 Å². The van der Waals surface area contributed by atoms with Gasteiger partial charge in [-0.05, 0) is 50.7 Å². The highest BCUT2D eigenvalue weighted by molar-refractivity contribution is 5.85. The zero-order valence-corrected chi connectivity index (χ0v) is 16.8. The Morgan fingerprint density at radius 3 is 2.36 bits per heavy atom. The zero-order chi connectivity index (χ0) is 16.5. The van der Waals surface area contributed by atoms with E-state index in [9.17, 15) is 4.79 Å². The number of nitrogens with one attached hydrogen (secondary N) is 2. The summed E-state index contributed by atoms with van der Waals surface area (Å²) < 4.78 is 5.25. The second kappa shape index (κ2) is 13.2. The molecule has 25 heavy (non-hydrogen) atoms. The Morgan fingerprint density at radius 2 is 1.80 bits per heavy atom. The molecule has 1 saturated heterocycles. The fraction of sp³-hybridized carbons (Fsp3) is 0.611. The van der Waals surface area contributed by atoms with Gasteiger partial charge < -0.3 is 15.4 Å². The van der Waals surface area contributed by atoms with E-state index in [0.29, 0.717) is 19.5 Å². The average Bonchev–Trinajstić information content (AvgIpc) is 2.61. The summed E-state index contributed by atoms with van der Waals surface area (Å²) in [5.74, 6) is 0.971. The maximum Gasteiger partial charge on any atom is 0.221 e. The average molecular weight is 392 g/mol. The molecule has 5 nitrogen and oxygen atoms in total. The molecule has 0 radical (unpaired) electrons. The van der Waals surface area contributed by atoms with Crippen LogP contribution in [0.3, 0.4) is 0 Å². The minimum atomic E-state index is 0. The molecule has 1 aliphatic rings. The van der Waals surface area contributed by atoms with Gasteiger partial charge in [-0.3, -0.25) is 9.69 Å². The Labute approximate surface area is 163 Å². The predicted molar refractivity (Wildman–Crippen MR) is 107 cm³/mol. The molecule has 1 amide bonds. The van der Waals surface area contributed by atoms with Crippen LogP contribution < -0.4 is 15.4 Å². The molecule has 144 valence electrons. The Bertz CT molecular complexity index is 480. The van der Waals surface area contributed by atoms with E-state index in [4.69, 9.17) is 4.74 Å². The van der Waals surface area contributed by atoms with E-state index in [0.717, 1.165) is 18.8 Å². The third-order valence-electron chi connectivity index (χ3n) is 4.43. The van der Waals surface area contributed by atoms with Gasteiger partial charge in [-0.1, -0.05) is 18.6 Å². The highest BCUT2D eigenvalue weighted by atomic mass is 35.5. The fourth-order valence-corrected chi connectivity index (χ4v) is 3.05. The number of halogens is 2. The van der Waals surface area contributed by atoms with Gasteiger partial charge in [-0.15, -0.1) is 24.8 Å². The molecule has 0 aliphatic carbocycles. The number of amides is 1. The summed E-state index contributed by atoms with van der Waals surface area (Å²) >= 11 is 0. The van der Waals surface area contributed by atoms with Crippen molar-refractivity contribution in [2.24, 2.45) is 0 Å². The Hall–Kier alpha value is -1.01. The number of carbonyl (C=O) groups excluding carboxylic acids is 1. The third kappa shape index (κ3) is 7.82. The summed E-state index contributed by atoms with van der Waals surface area (Å²) in [6.07, 6.45) is 4.30. The van der Waals surface area contributed by atoms with Crippen molar-refractivity contribution in [2.45, 2.75) is 31.7 Å². The number of hydrogen-bond donors (Lipinski definition) is 2. The van der Waals surface area contributed by atoms with Gasteiger partial charge in [-0.2, -0.15) is 0 Å². The van der Waals surface area contributed by atoms with E-state index in [2.05, 4.69) is 27.7 Å². The third-order valence-corrected chi connectivity index (χ3v) is 4.43. The van der Waals surface area contributed by atoms with Crippen LogP contribution in [0.2, 0.25) is 0 Å². The van der Waals surface area contributed by atoms with Crippen LogP contribution in [-0.4, -0.2) is 51.1 Å². The number of nitrogens with zero attached hydrogens (tertiary/aromatic N) is 1. The van der Waals surface area contributed by atoms with Crippen LogP contribution in [0.25, 0.3) is 0 Å². The number of rotatable bonds is 8. The van der Waals surface area contributed by atoms with E-state index in [-0.39, 0.29) is 36.8 Å². The van der Waals surface area contributed by atoms with Gasteiger partial charge in [0.25, 0.3) is 0 Å². The van der Waals surface area contributed by atoms with Crippen LogP contribution in [0.5, 0.6) is 5.75 Å². The number of benzene rings is 1. The van der Waals surface area contributed by atoms with Crippen LogP contribution in [0.15, 0.2) is 24.3 Å². The maximum absolute atomic E-state index is 11.9. The van der Waals surface area contributed by atoms with Crippen molar-refractivity contribution in [3.05, 3.63) is 29.8 Å². The maximum atomic E-state index is 11.9. The van der Waals surface area contributed by atoms with Crippen LogP contribution in [0.4, 0.5) is 0 Å². The molecule has 1 fully saturated rings. The van der Waals surface area contributed by atoms with E-state index < -0.39 is 0 Å². The van der Waals surface area contributed by atoms with Gasteiger partial charge in [0.15, 0.2) is 0 Å². The van der Waals surface area contributed by atoms with E-state index in [1.807, 2.05) is 19.2 Å². The van der Waals surface area contributed by atoms with E-state index in [1.165, 1.54) is 24.8 Å². The number of piperidine rings is 1. The van der Waals surface area contributed by atoms with Crippen molar-refractivity contribution in [3.8, 4) is 5.75 Å². The highest BCUT2D eigenvalue weighted by Crippen LogP contribution is 2.25. The van der Waals surface area contributed by atoms with Gasteiger partial charge in [0, 0.05) is 19.5 Å². The molecule has 0 saturated carbocycles. The molecule has 1 atom stereocenters. The Balaban J connectivity index is 0.00000288. The first kappa shape index (κ1) is 24.0. The highest BCUT2D eigenvalue weighted by Gasteiger charge is 2.22. The van der Waals surface area contributed by atoms with Gasteiger partial charge in [0.1, 0.15) is 5.75 Å². The van der Waals surface area contributed by atoms with E-state index >= 15 is 0 Å². The number of methoxy groups -OCH3 is 1.